The molecule has 2 aromatic heterocycles. The summed E-state index contributed by atoms with van der Waals surface area (Å²) >= 11 is 0. The molecule has 4 amide bonds. The molecule has 0 radical (unpaired) electrons. The molecule has 1 unspecified atom stereocenters. The van der Waals surface area contributed by atoms with E-state index >= 15 is 0 Å². The van der Waals surface area contributed by atoms with Gasteiger partial charge in [-0.2, -0.15) is 0 Å². The SMILES string of the molecule is COC(=O)N[C@H](C(=O)N1[C@@H](C)CC[C@H]1c1nc(-c2ccc(-c3ccc(-c4c[nH]c([C@@H]5CC[C@@H]6C7CC8(CC8)OCC[C@@H]7[C@H](NC(=O)OC)C(=O)N65)n4)cc3)cc2)c[nH]1)[C@H]1CCOC2(CC2)C1. The molecule has 2 aliphatic carbocycles. The Morgan fingerprint density at radius 3 is 1.88 bits per heavy atom. The van der Waals surface area contributed by atoms with Crippen molar-refractivity contribution < 1.29 is 38.1 Å². The van der Waals surface area contributed by atoms with Gasteiger partial charge in [-0.3, -0.25) is 9.59 Å². The van der Waals surface area contributed by atoms with Gasteiger partial charge in [0.25, 0.3) is 0 Å². The molecule has 16 nitrogen and oxygen atoms in total. The monoisotopic (exact) mass is 900 g/mol. The maximum absolute atomic E-state index is 14.4. The largest absolute Gasteiger partial charge is 0.453 e. The lowest BCUT2D eigenvalue weighted by Gasteiger charge is -2.47. The number of nitrogens with one attached hydrogen (secondary N) is 4. The van der Waals surface area contributed by atoms with E-state index in [1.54, 1.807) is 0 Å². The van der Waals surface area contributed by atoms with Crippen molar-refractivity contribution in [1.82, 2.24) is 40.4 Å². The van der Waals surface area contributed by atoms with Gasteiger partial charge in [0.15, 0.2) is 0 Å². The first kappa shape index (κ1) is 42.9. The van der Waals surface area contributed by atoms with E-state index in [4.69, 9.17) is 28.9 Å². The van der Waals surface area contributed by atoms with Crippen molar-refractivity contribution in [2.75, 3.05) is 27.4 Å². The molecule has 7 fully saturated rings. The summed E-state index contributed by atoms with van der Waals surface area (Å²) in [5.41, 5.74) is 5.39. The van der Waals surface area contributed by atoms with Gasteiger partial charge in [-0.15, -0.1) is 0 Å². The van der Waals surface area contributed by atoms with Crippen LogP contribution in [0.5, 0.6) is 0 Å². The topological polar surface area (TPSA) is 193 Å². The van der Waals surface area contributed by atoms with Crippen LogP contribution in [0.25, 0.3) is 33.6 Å². The first-order valence-corrected chi connectivity index (χ1v) is 24.0. The summed E-state index contributed by atoms with van der Waals surface area (Å²) in [6, 6.07) is 14.9. The number of likely N-dealkylation sites (tertiary alicyclic amines) is 1. The minimum Gasteiger partial charge on any atom is -0.453 e. The van der Waals surface area contributed by atoms with Crippen LogP contribution >= 0.6 is 0 Å². The number of H-pyrrole nitrogens is 2. The number of amides is 4. The van der Waals surface area contributed by atoms with E-state index in [1.807, 2.05) is 22.2 Å². The van der Waals surface area contributed by atoms with Crippen LogP contribution in [0.2, 0.25) is 0 Å². The van der Waals surface area contributed by atoms with Gasteiger partial charge < -0.3 is 49.3 Å². The predicted octanol–water partition coefficient (Wildman–Crippen LogP) is 7.22. The second kappa shape index (κ2) is 16.8. The highest BCUT2D eigenvalue weighted by Gasteiger charge is 2.59. The Hall–Kier alpha value is -5.74. The van der Waals surface area contributed by atoms with E-state index < -0.39 is 24.3 Å². The fourth-order valence-corrected chi connectivity index (χ4v) is 12.3. The highest BCUT2D eigenvalue weighted by atomic mass is 16.5. The zero-order valence-electron chi connectivity index (χ0n) is 37.9. The number of methoxy groups -OCH3 is 2. The molecule has 7 aliphatic rings. The third-order valence-electron chi connectivity index (χ3n) is 16.1. The number of hydrogen-bond donors (Lipinski definition) is 4. The second-order valence-electron chi connectivity index (χ2n) is 20.0. The molecular weight excluding hydrogens is 841 g/mol. The Morgan fingerprint density at radius 2 is 1.27 bits per heavy atom. The summed E-state index contributed by atoms with van der Waals surface area (Å²) in [5, 5.41) is 5.81. The molecule has 16 heteroatoms. The van der Waals surface area contributed by atoms with Crippen LogP contribution in [0, 0.1) is 17.8 Å². The number of fused-ring (bicyclic) bond motifs is 3. The predicted molar refractivity (Wildman–Crippen MR) is 241 cm³/mol. The Labute approximate surface area is 384 Å². The van der Waals surface area contributed by atoms with Gasteiger partial charge in [-0.05, 0) is 113 Å². The van der Waals surface area contributed by atoms with E-state index in [0.717, 1.165) is 116 Å². The van der Waals surface area contributed by atoms with Crippen LogP contribution in [-0.2, 0) is 28.5 Å². The number of aromatic amines is 2. The summed E-state index contributed by atoms with van der Waals surface area (Å²) < 4.78 is 22.3. The number of imidazole rings is 2. The molecule has 2 saturated carbocycles. The maximum atomic E-state index is 14.4. The van der Waals surface area contributed by atoms with Gasteiger partial charge in [-0.1, -0.05) is 48.5 Å². The van der Waals surface area contributed by atoms with Crippen LogP contribution in [0.4, 0.5) is 9.59 Å². The highest BCUT2D eigenvalue weighted by Crippen LogP contribution is 2.55. The number of rotatable bonds is 9. The lowest BCUT2D eigenvalue weighted by molar-refractivity contribution is -0.146. The average Bonchev–Trinajstić information content (AvgIpc) is 3.90. The summed E-state index contributed by atoms with van der Waals surface area (Å²) in [5.74, 6) is 1.52. The summed E-state index contributed by atoms with van der Waals surface area (Å²) in [6.07, 6.45) is 13.1. The number of carbonyl (C=O) groups is 4. The number of carbonyl (C=O) groups excluding carboxylic acids is 4. The lowest BCUT2D eigenvalue weighted by Crippen LogP contribution is -2.62. The van der Waals surface area contributed by atoms with Gasteiger partial charge in [0.1, 0.15) is 23.7 Å². The fraction of sp³-hybridized carbons (Fsp3) is 0.560. The van der Waals surface area contributed by atoms with E-state index in [0.29, 0.717) is 19.6 Å². The Kier molecular flexibility index (Phi) is 10.9. The third kappa shape index (κ3) is 7.82. The van der Waals surface area contributed by atoms with Gasteiger partial charge in [0, 0.05) is 48.8 Å². The minimum absolute atomic E-state index is 0.00277. The Balaban J connectivity index is 0.764. The van der Waals surface area contributed by atoms with Crippen LogP contribution in [0.1, 0.15) is 108 Å². The molecule has 9 atom stereocenters. The Bertz CT molecular complexity index is 2480. The molecule has 4 aromatic rings. The van der Waals surface area contributed by atoms with E-state index in [-0.39, 0.29) is 64.9 Å². The summed E-state index contributed by atoms with van der Waals surface area (Å²) in [4.78, 5) is 74.6. The van der Waals surface area contributed by atoms with Crippen molar-refractivity contribution >= 4 is 24.0 Å². The molecule has 0 bridgehead atoms. The maximum Gasteiger partial charge on any atom is 0.407 e. The first-order chi connectivity index (χ1) is 32.0. The van der Waals surface area contributed by atoms with Crippen LogP contribution in [-0.4, -0.2) is 117 Å². The zero-order chi connectivity index (χ0) is 45.3. The van der Waals surface area contributed by atoms with Crippen LogP contribution in [0.3, 0.4) is 0 Å². The molecule has 2 spiro atoms. The molecule has 7 heterocycles. The third-order valence-corrected chi connectivity index (χ3v) is 16.1. The van der Waals surface area contributed by atoms with Crippen molar-refractivity contribution in [3.8, 4) is 33.6 Å². The number of aromatic nitrogens is 4. The van der Waals surface area contributed by atoms with E-state index in [1.165, 1.54) is 14.2 Å². The van der Waals surface area contributed by atoms with Crippen molar-refractivity contribution in [2.24, 2.45) is 17.8 Å². The van der Waals surface area contributed by atoms with Crippen LogP contribution in [0.15, 0.2) is 60.9 Å². The van der Waals surface area contributed by atoms with Gasteiger partial charge in [-0.25, -0.2) is 19.6 Å². The molecule has 4 N–H and O–H groups in total. The molecule has 66 heavy (non-hydrogen) atoms. The molecule has 5 aliphatic heterocycles. The van der Waals surface area contributed by atoms with Crippen molar-refractivity contribution in [1.29, 1.82) is 0 Å². The van der Waals surface area contributed by atoms with Crippen molar-refractivity contribution in [3.05, 3.63) is 72.6 Å². The normalized spacial score (nSPS) is 29.7. The number of hydrogen-bond acceptors (Lipinski definition) is 10. The number of alkyl carbamates (subject to hydrolysis) is 2. The standard InChI is InChI=1S/C50H60N8O8/c1-28-4-13-39(57(28)45(59)41(55-47(61)63-2)33-16-22-65-49(24-33)18-19-49)43-51-26-36(53-43)31-9-5-29(6-10-31)30-7-11-32(12-8-30)37-27-52-44(54-37)40-15-14-38-35-25-50(20-21-50)66-23-17-34(35)42(46(60)58(38)40)56-48(62)64-3/h5-12,26-28,33-35,38-42H,4,13-25H2,1-3H3,(H,51,53)(H,52,54)(H,55,61)(H,56,62)/t28-,33-,34-,35?,38+,39-,40-,41-,42-/m0/s1. The molecule has 348 valence electrons. The average molecular weight is 901 g/mol. The minimum atomic E-state index is -0.700. The quantitative estimate of drug-likeness (QED) is 0.133. The molecule has 11 rings (SSSR count). The summed E-state index contributed by atoms with van der Waals surface area (Å²) in [7, 11) is 2.66. The van der Waals surface area contributed by atoms with Crippen LogP contribution < -0.4 is 10.6 Å². The second-order valence-corrected chi connectivity index (χ2v) is 20.0. The number of nitrogens with zero attached hydrogens (tertiary/aromatic N) is 4. The molecule has 2 aromatic carbocycles. The smallest absolute Gasteiger partial charge is 0.407 e. The zero-order valence-corrected chi connectivity index (χ0v) is 37.9. The lowest BCUT2D eigenvalue weighted by atomic mass is 9.72. The fourth-order valence-electron chi connectivity index (χ4n) is 12.3. The molecule has 5 saturated heterocycles. The van der Waals surface area contributed by atoms with Crippen molar-refractivity contribution in [2.45, 2.75) is 131 Å². The molecular formula is C50H60N8O8. The first-order valence-electron chi connectivity index (χ1n) is 24.0. The van der Waals surface area contributed by atoms with E-state index in [9.17, 15) is 19.2 Å². The summed E-state index contributed by atoms with van der Waals surface area (Å²) in [6.45, 7) is 3.25. The van der Waals surface area contributed by atoms with Crippen molar-refractivity contribution in [3.63, 3.8) is 0 Å². The number of piperidine rings is 1. The van der Waals surface area contributed by atoms with Gasteiger partial charge in [0.2, 0.25) is 11.8 Å². The number of benzene rings is 2. The van der Waals surface area contributed by atoms with E-state index in [2.05, 4.69) is 76.1 Å². The van der Waals surface area contributed by atoms with Gasteiger partial charge >= 0.3 is 12.2 Å². The Morgan fingerprint density at radius 1 is 0.712 bits per heavy atom. The highest BCUT2D eigenvalue weighted by molar-refractivity contribution is 5.88. The number of ether oxygens (including phenoxy) is 4. The van der Waals surface area contributed by atoms with Gasteiger partial charge in [0.05, 0.1) is 48.9 Å².